The van der Waals surface area contributed by atoms with Gasteiger partial charge in [0.25, 0.3) is 5.95 Å². The number of furan rings is 1. The minimum absolute atomic E-state index is 0.130. The van der Waals surface area contributed by atoms with Crippen LogP contribution in [0.15, 0.2) is 59.3 Å². The van der Waals surface area contributed by atoms with Crippen molar-refractivity contribution in [2.45, 2.75) is 19.9 Å². The second kappa shape index (κ2) is 10.9. The Labute approximate surface area is 198 Å². The summed E-state index contributed by atoms with van der Waals surface area (Å²) < 4.78 is 56.9. The summed E-state index contributed by atoms with van der Waals surface area (Å²) in [6, 6.07) is 10.7. The number of halogens is 3. The molecule has 0 bridgehead atoms. The van der Waals surface area contributed by atoms with E-state index in [9.17, 15) is 18.0 Å². The highest BCUT2D eigenvalue weighted by Crippen LogP contribution is 2.37. The number of hydrogen-bond acceptors (Lipinski definition) is 6. The molecule has 182 valence electrons. The zero-order valence-corrected chi connectivity index (χ0v) is 18.7. The van der Waals surface area contributed by atoms with Crippen molar-refractivity contribution in [3.63, 3.8) is 0 Å². The predicted molar refractivity (Wildman–Crippen MR) is 123 cm³/mol. The monoisotopic (exact) mass is 485 g/mol. The number of pyridine rings is 1. The van der Waals surface area contributed by atoms with Crippen LogP contribution >= 0.6 is 0 Å². The molecule has 1 amide bonds. The summed E-state index contributed by atoms with van der Waals surface area (Å²) in [5, 5.41) is 5.98. The van der Waals surface area contributed by atoms with E-state index in [1.54, 1.807) is 37.5 Å². The maximum atomic E-state index is 13.8. The molecule has 10 heteroatoms. The molecular formula is C25H22F3N3O4. The van der Waals surface area contributed by atoms with E-state index in [0.717, 1.165) is 24.6 Å². The lowest BCUT2D eigenvalue weighted by atomic mass is 10.1. The largest absolute Gasteiger partial charge is 0.493 e. The fourth-order valence-corrected chi connectivity index (χ4v) is 3.42. The van der Waals surface area contributed by atoms with Crippen LogP contribution in [0.25, 0.3) is 11.0 Å². The number of carbonyl (C=O) groups is 1. The molecule has 2 N–H and O–H groups in total. The van der Waals surface area contributed by atoms with Crippen molar-refractivity contribution >= 4 is 22.7 Å². The molecular weight excluding hydrogens is 463 g/mol. The van der Waals surface area contributed by atoms with E-state index >= 15 is 0 Å². The number of carbonyl (C=O) groups excluding carboxylic acids is 1. The molecule has 4 aromatic rings. The Hall–Kier alpha value is -4.05. The molecule has 0 aliphatic heterocycles. The van der Waals surface area contributed by atoms with Gasteiger partial charge in [-0.2, -0.15) is 0 Å². The molecule has 0 fully saturated rings. The SMILES string of the molecule is Cc1c(OC(=O)Nc2ccc(F)c(F)c2F)oc2cccc(OCCCNCc3cccnc3)c12. The van der Waals surface area contributed by atoms with Gasteiger partial charge in [-0.15, -0.1) is 0 Å². The average molecular weight is 485 g/mol. The summed E-state index contributed by atoms with van der Waals surface area (Å²) in [4.78, 5) is 16.3. The van der Waals surface area contributed by atoms with Crippen LogP contribution in [-0.4, -0.2) is 24.2 Å². The fraction of sp³-hybridized carbons (Fsp3) is 0.200. The lowest BCUT2D eigenvalue weighted by Crippen LogP contribution is -2.18. The molecule has 4 rings (SSSR count). The highest BCUT2D eigenvalue weighted by atomic mass is 19.2. The molecule has 0 spiro atoms. The first-order chi connectivity index (χ1) is 16.9. The van der Waals surface area contributed by atoms with Crippen molar-refractivity contribution in [3.05, 3.63) is 83.4 Å². The summed E-state index contributed by atoms with van der Waals surface area (Å²) in [6.07, 6.45) is 3.16. The van der Waals surface area contributed by atoms with E-state index in [1.165, 1.54) is 0 Å². The molecule has 0 aliphatic carbocycles. The standard InChI is InChI=1S/C25H22F3N3O4/c1-15-21-19(33-12-4-11-30-14-16-5-3-10-29-13-16)6-2-7-20(21)34-24(15)35-25(32)31-18-9-8-17(26)22(27)23(18)28/h2-3,5-10,13,30H,4,11-12,14H2,1H3,(H,31,32). The first-order valence-electron chi connectivity index (χ1n) is 10.8. The maximum Gasteiger partial charge on any atom is 0.419 e. The molecule has 35 heavy (non-hydrogen) atoms. The highest BCUT2D eigenvalue weighted by Gasteiger charge is 2.20. The highest BCUT2D eigenvalue weighted by molar-refractivity contribution is 5.91. The number of nitrogens with one attached hydrogen (secondary N) is 2. The van der Waals surface area contributed by atoms with Crippen molar-refractivity contribution in [1.29, 1.82) is 0 Å². The third kappa shape index (κ3) is 5.72. The predicted octanol–water partition coefficient (Wildman–Crippen LogP) is 5.72. The van der Waals surface area contributed by atoms with Crippen molar-refractivity contribution in [2.75, 3.05) is 18.5 Å². The lowest BCUT2D eigenvalue weighted by Gasteiger charge is -2.09. The zero-order valence-electron chi connectivity index (χ0n) is 18.7. The van der Waals surface area contributed by atoms with Crippen molar-refractivity contribution in [1.82, 2.24) is 10.3 Å². The quantitative estimate of drug-likeness (QED) is 0.233. The van der Waals surface area contributed by atoms with E-state index in [1.807, 2.05) is 17.4 Å². The first-order valence-corrected chi connectivity index (χ1v) is 10.8. The number of aromatic nitrogens is 1. The van der Waals surface area contributed by atoms with Gasteiger partial charge in [0.2, 0.25) is 0 Å². The summed E-state index contributed by atoms with van der Waals surface area (Å²) in [6.45, 7) is 3.57. The Morgan fingerprint density at radius 2 is 1.94 bits per heavy atom. The minimum Gasteiger partial charge on any atom is -0.493 e. The van der Waals surface area contributed by atoms with Crippen molar-refractivity contribution in [2.24, 2.45) is 0 Å². The average Bonchev–Trinajstić information content (AvgIpc) is 3.18. The Kier molecular flexibility index (Phi) is 7.51. The first kappa shape index (κ1) is 24.1. The zero-order chi connectivity index (χ0) is 24.8. The third-order valence-corrected chi connectivity index (χ3v) is 5.14. The Morgan fingerprint density at radius 1 is 1.09 bits per heavy atom. The Balaban J connectivity index is 1.35. The number of hydrogen-bond donors (Lipinski definition) is 2. The van der Waals surface area contributed by atoms with Gasteiger partial charge < -0.3 is 19.2 Å². The van der Waals surface area contributed by atoms with Gasteiger partial charge in [-0.1, -0.05) is 12.1 Å². The van der Waals surface area contributed by atoms with Gasteiger partial charge in [0.15, 0.2) is 17.5 Å². The molecule has 7 nitrogen and oxygen atoms in total. The van der Waals surface area contributed by atoms with Crippen LogP contribution in [0.5, 0.6) is 11.7 Å². The third-order valence-electron chi connectivity index (χ3n) is 5.14. The number of ether oxygens (including phenoxy) is 2. The maximum absolute atomic E-state index is 13.8. The van der Waals surface area contributed by atoms with Crippen LogP contribution in [0.3, 0.4) is 0 Å². The van der Waals surface area contributed by atoms with E-state index in [2.05, 4.69) is 10.3 Å². The normalized spacial score (nSPS) is 11.0. The van der Waals surface area contributed by atoms with E-state index < -0.39 is 29.2 Å². The molecule has 2 heterocycles. The smallest absolute Gasteiger partial charge is 0.419 e. The number of aryl methyl sites for hydroxylation is 1. The molecule has 0 atom stereocenters. The van der Waals surface area contributed by atoms with Gasteiger partial charge in [-0.3, -0.25) is 10.3 Å². The van der Waals surface area contributed by atoms with Crippen LogP contribution < -0.4 is 20.1 Å². The van der Waals surface area contributed by atoms with Crippen LogP contribution in [-0.2, 0) is 6.54 Å². The second-order valence-electron chi connectivity index (χ2n) is 7.62. The van der Waals surface area contributed by atoms with Crippen molar-refractivity contribution in [3.8, 4) is 11.7 Å². The second-order valence-corrected chi connectivity index (χ2v) is 7.62. The van der Waals surface area contributed by atoms with Crippen LogP contribution in [0, 0.1) is 24.4 Å². The molecule has 0 saturated carbocycles. The van der Waals surface area contributed by atoms with Gasteiger partial charge in [0.05, 0.1) is 17.7 Å². The van der Waals surface area contributed by atoms with Crippen LogP contribution in [0.4, 0.5) is 23.7 Å². The summed E-state index contributed by atoms with van der Waals surface area (Å²) >= 11 is 0. The summed E-state index contributed by atoms with van der Waals surface area (Å²) in [7, 11) is 0. The van der Waals surface area contributed by atoms with Crippen LogP contribution in [0.2, 0.25) is 0 Å². The van der Waals surface area contributed by atoms with E-state index in [0.29, 0.717) is 41.5 Å². The fourth-order valence-electron chi connectivity index (χ4n) is 3.42. The molecule has 2 aromatic carbocycles. The van der Waals surface area contributed by atoms with E-state index in [-0.39, 0.29) is 5.95 Å². The topological polar surface area (TPSA) is 85.6 Å². The van der Waals surface area contributed by atoms with Crippen LogP contribution in [0.1, 0.15) is 17.5 Å². The molecule has 0 radical (unpaired) electrons. The van der Waals surface area contributed by atoms with Gasteiger partial charge in [0, 0.05) is 24.5 Å². The van der Waals surface area contributed by atoms with E-state index in [4.69, 9.17) is 13.9 Å². The molecule has 2 aromatic heterocycles. The van der Waals surface area contributed by atoms with Gasteiger partial charge >= 0.3 is 6.09 Å². The lowest BCUT2D eigenvalue weighted by molar-refractivity contribution is 0.203. The number of rotatable bonds is 9. The number of fused-ring (bicyclic) bond motifs is 1. The van der Waals surface area contributed by atoms with Crippen molar-refractivity contribution < 1.29 is 31.9 Å². The Bertz CT molecular complexity index is 1330. The number of amides is 1. The minimum atomic E-state index is -1.70. The molecule has 0 aliphatic rings. The number of anilines is 1. The number of nitrogens with zero attached hydrogens (tertiary/aromatic N) is 1. The number of benzene rings is 2. The summed E-state index contributed by atoms with van der Waals surface area (Å²) in [5.41, 5.74) is 1.45. The van der Waals surface area contributed by atoms with Gasteiger partial charge in [-0.25, -0.2) is 18.0 Å². The molecule has 0 saturated heterocycles. The van der Waals surface area contributed by atoms with Gasteiger partial charge in [-0.05, 0) is 55.8 Å². The Morgan fingerprint density at radius 3 is 2.74 bits per heavy atom. The molecule has 0 unspecified atom stereocenters. The van der Waals surface area contributed by atoms with Gasteiger partial charge in [0.1, 0.15) is 11.3 Å². The summed E-state index contributed by atoms with van der Waals surface area (Å²) in [5.74, 6) is -4.18.